The van der Waals surface area contributed by atoms with Crippen LogP contribution in [0, 0.1) is 6.92 Å². The number of fused-ring (bicyclic) bond motifs is 3. The summed E-state index contributed by atoms with van der Waals surface area (Å²) in [6.45, 7) is 8.28. The highest BCUT2D eigenvalue weighted by Crippen LogP contribution is 2.31. The van der Waals surface area contributed by atoms with Crippen LogP contribution in [0.1, 0.15) is 19.4 Å². The minimum Gasteiger partial charge on any atom is -0.353 e. The van der Waals surface area contributed by atoms with Crippen LogP contribution in [0.2, 0.25) is 5.02 Å². The summed E-state index contributed by atoms with van der Waals surface area (Å²) in [5, 5.41) is 7.62. The number of benzene rings is 1. The maximum atomic E-state index is 6.42. The molecule has 1 aromatic carbocycles. The summed E-state index contributed by atoms with van der Waals surface area (Å²) in [6, 6.07) is 10.7. The highest BCUT2D eigenvalue weighted by atomic mass is 35.5. The topological polar surface area (TPSA) is 70.4 Å². The minimum absolute atomic E-state index is 0.420. The third kappa shape index (κ3) is 3.34. The molecule has 0 saturated carbocycles. The lowest BCUT2D eigenvalue weighted by Gasteiger charge is -2.36. The van der Waals surface area contributed by atoms with E-state index >= 15 is 0 Å². The molecular formula is C22H24ClN7. The Morgan fingerprint density at radius 2 is 1.90 bits per heavy atom. The first-order valence-electron chi connectivity index (χ1n) is 10.2. The second kappa shape index (κ2) is 7.41. The van der Waals surface area contributed by atoms with Crippen LogP contribution in [0.15, 0.2) is 42.9 Å². The molecular weight excluding hydrogens is 398 g/mol. The van der Waals surface area contributed by atoms with E-state index in [2.05, 4.69) is 34.4 Å². The fraction of sp³-hybridized carbons (Fsp3) is 0.318. The molecule has 0 spiro atoms. The average molecular weight is 422 g/mol. The molecule has 8 heteroatoms. The highest BCUT2D eigenvalue weighted by Gasteiger charge is 2.22. The standard InChI is InChI=1S/C22H24ClN7/c1-13-5-4-6-16(23)20(13)28-21-18-9-24-12-30(18)22-17(26-21)7-8-19(27-22)29-10-14(2)25-15(3)11-29/h4-9,12,14-15,25H,10-11H2,1-3H3,(H,26,28)/t14-,15+. The molecule has 3 aromatic heterocycles. The van der Waals surface area contributed by atoms with Crippen molar-refractivity contribution in [2.24, 2.45) is 0 Å². The zero-order chi connectivity index (χ0) is 20.8. The SMILES string of the molecule is Cc1cccc(Cl)c1Nc1nc2ccc(N3C[C@@H](C)N[C@@H](C)C3)nc2n2cncc12. The second-order valence-corrected chi connectivity index (χ2v) is 8.46. The Labute approximate surface area is 180 Å². The van der Waals surface area contributed by atoms with Gasteiger partial charge in [0.15, 0.2) is 11.5 Å². The van der Waals surface area contributed by atoms with Crippen LogP contribution in [-0.4, -0.2) is 44.5 Å². The van der Waals surface area contributed by atoms with Gasteiger partial charge in [0.25, 0.3) is 0 Å². The van der Waals surface area contributed by atoms with Gasteiger partial charge in [-0.3, -0.25) is 4.40 Å². The van der Waals surface area contributed by atoms with Crippen LogP contribution in [0.25, 0.3) is 16.7 Å². The van der Waals surface area contributed by atoms with Gasteiger partial charge in [0.1, 0.15) is 23.2 Å². The molecule has 5 rings (SSSR count). The third-order valence-corrected chi connectivity index (χ3v) is 5.84. The third-order valence-electron chi connectivity index (χ3n) is 5.53. The summed E-state index contributed by atoms with van der Waals surface area (Å²) >= 11 is 6.42. The molecule has 154 valence electrons. The van der Waals surface area contributed by atoms with Gasteiger partial charge >= 0.3 is 0 Å². The van der Waals surface area contributed by atoms with Gasteiger partial charge < -0.3 is 15.5 Å². The molecule has 4 heterocycles. The summed E-state index contributed by atoms with van der Waals surface area (Å²) in [6.07, 6.45) is 3.58. The molecule has 0 bridgehead atoms. The zero-order valence-electron chi connectivity index (χ0n) is 17.2. The van der Waals surface area contributed by atoms with Gasteiger partial charge in [-0.2, -0.15) is 0 Å². The Hall–Kier alpha value is -2.90. The first kappa shape index (κ1) is 19.1. The number of halogens is 1. The fourth-order valence-electron chi connectivity index (χ4n) is 4.20. The molecule has 2 atom stereocenters. The number of imidazole rings is 1. The van der Waals surface area contributed by atoms with Crippen molar-refractivity contribution in [3.05, 3.63) is 53.4 Å². The van der Waals surface area contributed by atoms with Crippen LogP contribution >= 0.6 is 11.6 Å². The first-order valence-corrected chi connectivity index (χ1v) is 10.5. The largest absolute Gasteiger partial charge is 0.353 e. The number of nitrogens with zero attached hydrogens (tertiary/aromatic N) is 5. The predicted octanol–water partition coefficient (Wildman–Crippen LogP) is 4.17. The van der Waals surface area contributed by atoms with Gasteiger partial charge in [-0.25, -0.2) is 15.0 Å². The lowest BCUT2D eigenvalue weighted by atomic mass is 10.1. The molecule has 0 unspecified atom stereocenters. The lowest BCUT2D eigenvalue weighted by molar-refractivity contribution is 0.405. The van der Waals surface area contributed by atoms with Crippen molar-refractivity contribution >= 4 is 45.6 Å². The maximum absolute atomic E-state index is 6.42. The van der Waals surface area contributed by atoms with Crippen LogP contribution in [0.5, 0.6) is 0 Å². The van der Waals surface area contributed by atoms with E-state index in [-0.39, 0.29) is 0 Å². The summed E-state index contributed by atoms with van der Waals surface area (Å²) < 4.78 is 1.98. The van der Waals surface area contributed by atoms with E-state index in [1.807, 2.05) is 41.7 Å². The molecule has 1 fully saturated rings. The van der Waals surface area contributed by atoms with E-state index in [4.69, 9.17) is 21.6 Å². The summed E-state index contributed by atoms with van der Waals surface area (Å²) in [5.41, 5.74) is 4.35. The number of aromatic nitrogens is 4. The number of rotatable bonds is 3. The number of anilines is 3. The molecule has 0 amide bonds. The summed E-state index contributed by atoms with van der Waals surface area (Å²) in [4.78, 5) is 16.5. The van der Waals surface area contributed by atoms with Crippen molar-refractivity contribution in [3.8, 4) is 0 Å². The molecule has 2 N–H and O–H groups in total. The zero-order valence-corrected chi connectivity index (χ0v) is 18.0. The summed E-state index contributed by atoms with van der Waals surface area (Å²) in [7, 11) is 0. The molecule has 30 heavy (non-hydrogen) atoms. The molecule has 7 nitrogen and oxygen atoms in total. The maximum Gasteiger partial charge on any atom is 0.166 e. The Bertz CT molecular complexity index is 1200. The van der Waals surface area contributed by atoms with Crippen LogP contribution < -0.4 is 15.5 Å². The Kier molecular flexibility index (Phi) is 4.72. The minimum atomic E-state index is 0.420. The summed E-state index contributed by atoms with van der Waals surface area (Å²) in [5.74, 6) is 1.66. The number of piperazine rings is 1. The van der Waals surface area contributed by atoms with E-state index in [0.717, 1.165) is 46.8 Å². The fourth-order valence-corrected chi connectivity index (χ4v) is 4.47. The van der Waals surface area contributed by atoms with E-state index in [9.17, 15) is 0 Å². The van der Waals surface area contributed by atoms with Gasteiger partial charge in [0.2, 0.25) is 0 Å². The smallest absolute Gasteiger partial charge is 0.166 e. The predicted molar refractivity (Wildman–Crippen MR) is 122 cm³/mol. The molecule has 1 saturated heterocycles. The van der Waals surface area contributed by atoms with Crippen molar-refractivity contribution in [2.75, 3.05) is 23.3 Å². The molecule has 0 radical (unpaired) electrons. The normalized spacial score (nSPS) is 19.5. The number of nitrogens with one attached hydrogen (secondary N) is 2. The highest BCUT2D eigenvalue weighted by molar-refractivity contribution is 6.33. The Morgan fingerprint density at radius 3 is 2.67 bits per heavy atom. The lowest BCUT2D eigenvalue weighted by Crippen LogP contribution is -2.54. The van der Waals surface area contributed by atoms with Gasteiger partial charge in [0.05, 0.1) is 16.9 Å². The van der Waals surface area contributed by atoms with Crippen molar-refractivity contribution in [3.63, 3.8) is 0 Å². The van der Waals surface area contributed by atoms with Crippen molar-refractivity contribution in [2.45, 2.75) is 32.9 Å². The average Bonchev–Trinajstić information content (AvgIpc) is 3.20. The van der Waals surface area contributed by atoms with Crippen LogP contribution in [0.4, 0.5) is 17.3 Å². The number of aryl methyl sites for hydroxylation is 1. The van der Waals surface area contributed by atoms with Crippen LogP contribution in [-0.2, 0) is 0 Å². The molecule has 0 aliphatic carbocycles. The number of hydrogen-bond donors (Lipinski definition) is 2. The molecule has 4 aromatic rings. The number of hydrogen-bond acceptors (Lipinski definition) is 6. The van der Waals surface area contributed by atoms with Gasteiger partial charge in [-0.1, -0.05) is 23.7 Å². The first-order chi connectivity index (χ1) is 14.5. The van der Waals surface area contributed by atoms with Crippen molar-refractivity contribution in [1.29, 1.82) is 0 Å². The van der Waals surface area contributed by atoms with Gasteiger partial charge in [0, 0.05) is 25.2 Å². The Balaban J connectivity index is 1.59. The second-order valence-electron chi connectivity index (χ2n) is 8.05. The quantitative estimate of drug-likeness (QED) is 0.517. The van der Waals surface area contributed by atoms with Crippen molar-refractivity contribution < 1.29 is 0 Å². The van der Waals surface area contributed by atoms with Gasteiger partial charge in [-0.15, -0.1) is 0 Å². The van der Waals surface area contributed by atoms with Crippen molar-refractivity contribution in [1.82, 2.24) is 24.7 Å². The van der Waals surface area contributed by atoms with E-state index < -0.39 is 0 Å². The Morgan fingerprint density at radius 1 is 1.10 bits per heavy atom. The number of para-hydroxylation sites is 1. The number of pyridine rings is 1. The van der Waals surface area contributed by atoms with E-state index in [0.29, 0.717) is 22.9 Å². The van der Waals surface area contributed by atoms with Gasteiger partial charge in [-0.05, 0) is 44.5 Å². The monoisotopic (exact) mass is 421 g/mol. The van der Waals surface area contributed by atoms with E-state index in [1.54, 1.807) is 12.5 Å². The molecule has 1 aliphatic heterocycles. The van der Waals surface area contributed by atoms with Crippen LogP contribution in [0.3, 0.4) is 0 Å². The molecule has 1 aliphatic rings. The van der Waals surface area contributed by atoms with E-state index in [1.165, 1.54) is 0 Å².